The standard InChI is InChI=1S/C17H25NO3/c1-13(2)4-3-9-21-16-7-5-14(6-8-16)10-18-11-15(12-18)17(19)20/h5-8,13,15H,3-4,9-12H2,1-2H3,(H,19,20). The zero-order valence-electron chi connectivity index (χ0n) is 12.9. The lowest BCUT2D eigenvalue weighted by molar-refractivity contribution is -0.147. The fraction of sp³-hybridized carbons (Fsp3) is 0.588. The molecule has 0 aromatic heterocycles. The van der Waals surface area contributed by atoms with Crippen LogP contribution in [-0.4, -0.2) is 35.7 Å². The van der Waals surface area contributed by atoms with Gasteiger partial charge in [-0.2, -0.15) is 0 Å². The quantitative estimate of drug-likeness (QED) is 0.748. The molecule has 4 heteroatoms. The summed E-state index contributed by atoms with van der Waals surface area (Å²) in [4.78, 5) is 12.9. The Morgan fingerprint density at radius 2 is 2.00 bits per heavy atom. The monoisotopic (exact) mass is 291 g/mol. The number of rotatable bonds is 8. The molecule has 1 aliphatic heterocycles. The highest BCUT2D eigenvalue weighted by Gasteiger charge is 2.31. The molecule has 1 fully saturated rings. The molecule has 1 aliphatic rings. The number of carboxylic acid groups (broad SMARTS) is 1. The summed E-state index contributed by atoms with van der Waals surface area (Å²) in [5.41, 5.74) is 1.20. The Labute approximate surface area is 126 Å². The maximum absolute atomic E-state index is 10.7. The van der Waals surface area contributed by atoms with Gasteiger partial charge in [0, 0.05) is 19.6 Å². The van der Waals surface area contributed by atoms with E-state index in [2.05, 4.69) is 30.9 Å². The summed E-state index contributed by atoms with van der Waals surface area (Å²) in [6.07, 6.45) is 2.28. The minimum atomic E-state index is -0.684. The van der Waals surface area contributed by atoms with Gasteiger partial charge in [-0.25, -0.2) is 0 Å². The number of nitrogens with zero attached hydrogens (tertiary/aromatic N) is 1. The maximum Gasteiger partial charge on any atom is 0.309 e. The molecule has 1 N–H and O–H groups in total. The van der Waals surface area contributed by atoms with Crippen LogP contribution in [0.5, 0.6) is 5.75 Å². The van der Waals surface area contributed by atoms with Crippen LogP contribution in [0.2, 0.25) is 0 Å². The first-order valence-corrected chi connectivity index (χ1v) is 7.71. The van der Waals surface area contributed by atoms with Crippen LogP contribution in [0.4, 0.5) is 0 Å². The molecule has 0 saturated carbocycles. The van der Waals surface area contributed by atoms with E-state index in [-0.39, 0.29) is 5.92 Å². The van der Waals surface area contributed by atoms with Crippen molar-refractivity contribution >= 4 is 5.97 Å². The number of aliphatic carboxylic acids is 1. The molecular weight excluding hydrogens is 266 g/mol. The molecule has 4 nitrogen and oxygen atoms in total. The first-order chi connectivity index (χ1) is 10.0. The Hall–Kier alpha value is -1.55. The number of carboxylic acids is 1. The summed E-state index contributed by atoms with van der Waals surface area (Å²) in [6.45, 7) is 7.34. The van der Waals surface area contributed by atoms with Crippen LogP contribution in [0, 0.1) is 11.8 Å². The zero-order chi connectivity index (χ0) is 15.2. The number of ether oxygens (including phenoxy) is 1. The van der Waals surface area contributed by atoms with Crippen molar-refractivity contribution in [3.8, 4) is 5.75 Å². The SMILES string of the molecule is CC(C)CCCOc1ccc(CN2CC(C(=O)O)C2)cc1. The first kappa shape index (κ1) is 15.8. The predicted molar refractivity (Wildman–Crippen MR) is 82.4 cm³/mol. The molecule has 1 aromatic carbocycles. The number of benzene rings is 1. The van der Waals surface area contributed by atoms with Crippen molar-refractivity contribution in [3.05, 3.63) is 29.8 Å². The molecule has 0 amide bonds. The minimum absolute atomic E-state index is 0.187. The van der Waals surface area contributed by atoms with E-state index < -0.39 is 5.97 Å². The van der Waals surface area contributed by atoms with Crippen LogP contribution in [-0.2, 0) is 11.3 Å². The predicted octanol–water partition coefficient (Wildman–Crippen LogP) is 3.02. The number of hydrogen-bond acceptors (Lipinski definition) is 3. The van der Waals surface area contributed by atoms with Crippen LogP contribution in [0.25, 0.3) is 0 Å². The Morgan fingerprint density at radius 3 is 2.57 bits per heavy atom. The number of hydrogen-bond donors (Lipinski definition) is 1. The van der Waals surface area contributed by atoms with Crippen LogP contribution in [0.1, 0.15) is 32.3 Å². The second kappa shape index (κ2) is 7.46. The van der Waals surface area contributed by atoms with E-state index in [9.17, 15) is 4.79 Å². The lowest BCUT2D eigenvalue weighted by atomic mass is 10.00. The van der Waals surface area contributed by atoms with Gasteiger partial charge in [0.2, 0.25) is 0 Å². The third kappa shape index (κ3) is 5.05. The Morgan fingerprint density at radius 1 is 1.33 bits per heavy atom. The molecule has 0 atom stereocenters. The van der Waals surface area contributed by atoms with E-state index in [1.165, 1.54) is 12.0 Å². The lowest BCUT2D eigenvalue weighted by Gasteiger charge is -2.36. The van der Waals surface area contributed by atoms with Gasteiger partial charge in [-0.05, 0) is 36.5 Å². The minimum Gasteiger partial charge on any atom is -0.494 e. The lowest BCUT2D eigenvalue weighted by Crippen LogP contribution is -2.49. The van der Waals surface area contributed by atoms with E-state index in [0.29, 0.717) is 13.1 Å². The third-order valence-corrected chi connectivity index (χ3v) is 3.83. The molecule has 0 radical (unpaired) electrons. The Kier molecular flexibility index (Phi) is 5.62. The molecule has 0 aliphatic carbocycles. The zero-order valence-corrected chi connectivity index (χ0v) is 12.9. The molecule has 1 aromatic rings. The van der Waals surface area contributed by atoms with Gasteiger partial charge in [0.15, 0.2) is 0 Å². The summed E-state index contributed by atoms with van der Waals surface area (Å²) in [5, 5.41) is 8.85. The summed E-state index contributed by atoms with van der Waals surface area (Å²) in [6, 6.07) is 8.12. The highest BCUT2D eigenvalue weighted by Crippen LogP contribution is 2.20. The molecule has 0 spiro atoms. The van der Waals surface area contributed by atoms with Gasteiger partial charge in [0.1, 0.15) is 5.75 Å². The van der Waals surface area contributed by atoms with Gasteiger partial charge < -0.3 is 9.84 Å². The molecule has 1 heterocycles. The first-order valence-electron chi connectivity index (χ1n) is 7.71. The second-order valence-electron chi connectivity index (χ2n) is 6.26. The van der Waals surface area contributed by atoms with Crippen LogP contribution >= 0.6 is 0 Å². The Bertz CT molecular complexity index is 450. The number of likely N-dealkylation sites (tertiary alicyclic amines) is 1. The fourth-order valence-electron chi connectivity index (χ4n) is 2.49. The highest BCUT2D eigenvalue weighted by molar-refractivity contribution is 5.71. The van der Waals surface area contributed by atoms with Crippen molar-refractivity contribution in [3.63, 3.8) is 0 Å². The average Bonchev–Trinajstić information content (AvgIpc) is 2.39. The summed E-state index contributed by atoms with van der Waals surface area (Å²) >= 11 is 0. The molecule has 1 saturated heterocycles. The van der Waals surface area contributed by atoms with Gasteiger partial charge in [-0.15, -0.1) is 0 Å². The Balaban J connectivity index is 1.69. The topological polar surface area (TPSA) is 49.8 Å². The van der Waals surface area contributed by atoms with Crippen LogP contribution in [0.15, 0.2) is 24.3 Å². The van der Waals surface area contributed by atoms with Crippen molar-refractivity contribution in [2.75, 3.05) is 19.7 Å². The van der Waals surface area contributed by atoms with Gasteiger partial charge in [-0.1, -0.05) is 26.0 Å². The van der Waals surface area contributed by atoms with Gasteiger partial charge >= 0.3 is 5.97 Å². The molecule has 21 heavy (non-hydrogen) atoms. The average molecular weight is 291 g/mol. The van der Waals surface area contributed by atoms with Gasteiger partial charge in [-0.3, -0.25) is 9.69 Å². The summed E-state index contributed by atoms with van der Waals surface area (Å²) in [5.74, 6) is 0.765. The summed E-state index contributed by atoms with van der Waals surface area (Å²) in [7, 11) is 0. The summed E-state index contributed by atoms with van der Waals surface area (Å²) < 4.78 is 5.71. The second-order valence-corrected chi connectivity index (χ2v) is 6.26. The van der Waals surface area contributed by atoms with Gasteiger partial charge in [0.25, 0.3) is 0 Å². The highest BCUT2D eigenvalue weighted by atomic mass is 16.5. The fourth-order valence-corrected chi connectivity index (χ4v) is 2.49. The van der Waals surface area contributed by atoms with E-state index >= 15 is 0 Å². The van der Waals surface area contributed by atoms with Crippen molar-refractivity contribution in [2.45, 2.75) is 33.2 Å². The van der Waals surface area contributed by atoms with Crippen LogP contribution in [0.3, 0.4) is 0 Å². The largest absolute Gasteiger partial charge is 0.494 e. The van der Waals surface area contributed by atoms with Crippen molar-refractivity contribution in [2.24, 2.45) is 11.8 Å². The van der Waals surface area contributed by atoms with Crippen molar-refractivity contribution in [1.29, 1.82) is 0 Å². The van der Waals surface area contributed by atoms with E-state index in [1.807, 2.05) is 12.1 Å². The van der Waals surface area contributed by atoms with Crippen molar-refractivity contribution < 1.29 is 14.6 Å². The van der Waals surface area contributed by atoms with E-state index in [0.717, 1.165) is 31.2 Å². The third-order valence-electron chi connectivity index (χ3n) is 3.83. The maximum atomic E-state index is 10.7. The molecule has 0 unspecified atom stereocenters. The molecular formula is C17H25NO3. The normalized spacial score (nSPS) is 16.0. The molecule has 0 bridgehead atoms. The van der Waals surface area contributed by atoms with Gasteiger partial charge in [0.05, 0.1) is 12.5 Å². The van der Waals surface area contributed by atoms with E-state index in [1.54, 1.807) is 0 Å². The van der Waals surface area contributed by atoms with E-state index in [4.69, 9.17) is 9.84 Å². The van der Waals surface area contributed by atoms with Crippen molar-refractivity contribution in [1.82, 2.24) is 4.90 Å². The molecule has 116 valence electrons. The number of carbonyl (C=O) groups is 1. The molecule has 2 rings (SSSR count). The smallest absolute Gasteiger partial charge is 0.309 e. The van der Waals surface area contributed by atoms with Crippen LogP contribution < -0.4 is 4.74 Å².